The van der Waals surface area contributed by atoms with Gasteiger partial charge in [-0.15, -0.1) is 0 Å². The van der Waals surface area contributed by atoms with Crippen LogP contribution in [-0.4, -0.2) is 37.2 Å². The molecule has 88 valence electrons. The fourth-order valence-electron chi connectivity index (χ4n) is 1.73. The molecular formula is C10H12ClNO3S. The lowest BCUT2D eigenvalue weighted by molar-refractivity contribution is 0.190. The van der Waals surface area contributed by atoms with Crippen LogP contribution in [0.4, 0.5) is 5.69 Å². The molecule has 0 radical (unpaired) electrons. The molecule has 1 aromatic carbocycles. The van der Waals surface area contributed by atoms with Crippen LogP contribution in [0.1, 0.15) is 0 Å². The molecule has 2 atom stereocenters. The van der Waals surface area contributed by atoms with Gasteiger partial charge in [-0.25, -0.2) is 8.42 Å². The van der Waals surface area contributed by atoms with E-state index >= 15 is 0 Å². The van der Waals surface area contributed by atoms with Crippen molar-refractivity contribution >= 4 is 27.1 Å². The summed E-state index contributed by atoms with van der Waals surface area (Å²) < 4.78 is 22.5. The molecule has 1 saturated heterocycles. The van der Waals surface area contributed by atoms with Crippen LogP contribution in [0.2, 0.25) is 5.02 Å². The molecule has 0 unspecified atom stereocenters. The van der Waals surface area contributed by atoms with Gasteiger partial charge in [0.1, 0.15) is 0 Å². The van der Waals surface area contributed by atoms with Gasteiger partial charge in [-0.1, -0.05) is 11.6 Å². The van der Waals surface area contributed by atoms with Crippen molar-refractivity contribution in [2.45, 2.75) is 12.1 Å². The van der Waals surface area contributed by atoms with Crippen molar-refractivity contribution in [2.24, 2.45) is 0 Å². The second-order valence-corrected chi connectivity index (χ2v) is 6.49. The van der Waals surface area contributed by atoms with Crippen molar-refractivity contribution in [3.8, 4) is 0 Å². The molecule has 4 nitrogen and oxygen atoms in total. The van der Waals surface area contributed by atoms with E-state index in [-0.39, 0.29) is 11.5 Å². The number of anilines is 1. The molecule has 2 rings (SSSR count). The molecular weight excluding hydrogens is 250 g/mol. The normalized spacial score (nSPS) is 27.9. The van der Waals surface area contributed by atoms with Crippen LogP contribution in [0.15, 0.2) is 24.3 Å². The predicted octanol–water partition coefficient (Wildman–Crippen LogP) is 0.910. The van der Waals surface area contributed by atoms with E-state index in [4.69, 9.17) is 11.6 Å². The highest BCUT2D eigenvalue weighted by molar-refractivity contribution is 7.91. The van der Waals surface area contributed by atoms with Gasteiger partial charge in [-0.3, -0.25) is 0 Å². The van der Waals surface area contributed by atoms with E-state index in [2.05, 4.69) is 5.32 Å². The minimum absolute atomic E-state index is 0.0310. The van der Waals surface area contributed by atoms with Crippen molar-refractivity contribution in [1.29, 1.82) is 0 Å². The Bertz CT molecular complexity index is 471. The molecule has 0 bridgehead atoms. The van der Waals surface area contributed by atoms with Crippen molar-refractivity contribution in [1.82, 2.24) is 0 Å². The first-order valence-corrected chi connectivity index (χ1v) is 7.07. The topological polar surface area (TPSA) is 66.4 Å². The first kappa shape index (κ1) is 11.7. The monoisotopic (exact) mass is 261 g/mol. The van der Waals surface area contributed by atoms with Gasteiger partial charge in [0, 0.05) is 10.7 Å². The first-order valence-electron chi connectivity index (χ1n) is 4.87. The quantitative estimate of drug-likeness (QED) is 0.831. The predicted molar refractivity (Wildman–Crippen MR) is 63.5 cm³/mol. The zero-order valence-corrected chi connectivity index (χ0v) is 10.0. The maximum atomic E-state index is 11.3. The minimum atomic E-state index is -3.11. The summed E-state index contributed by atoms with van der Waals surface area (Å²) in [6.07, 6.45) is -0.847. The Morgan fingerprint density at radius 2 is 1.88 bits per heavy atom. The van der Waals surface area contributed by atoms with Gasteiger partial charge in [0.05, 0.1) is 23.7 Å². The third kappa shape index (κ3) is 2.66. The maximum absolute atomic E-state index is 11.3. The molecule has 1 aliphatic rings. The number of rotatable bonds is 2. The van der Waals surface area contributed by atoms with Crippen LogP contribution >= 0.6 is 11.6 Å². The van der Waals surface area contributed by atoms with Crippen LogP contribution < -0.4 is 5.32 Å². The molecule has 0 amide bonds. The van der Waals surface area contributed by atoms with Crippen molar-refractivity contribution in [2.75, 3.05) is 16.8 Å². The van der Waals surface area contributed by atoms with Gasteiger partial charge in [-0.2, -0.15) is 0 Å². The SMILES string of the molecule is O=S1(=O)C[C@H](Nc2ccc(Cl)cc2)[C@@H](O)C1. The maximum Gasteiger partial charge on any atom is 0.155 e. The molecule has 0 saturated carbocycles. The third-order valence-corrected chi connectivity index (χ3v) is 4.49. The van der Waals surface area contributed by atoms with Gasteiger partial charge in [0.2, 0.25) is 0 Å². The average molecular weight is 262 g/mol. The number of halogens is 1. The zero-order valence-electron chi connectivity index (χ0n) is 8.43. The van der Waals surface area contributed by atoms with Gasteiger partial charge >= 0.3 is 0 Å². The largest absolute Gasteiger partial charge is 0.390 e. The summed E-state index contributed by atoms with van der Waals surface area (Å²) in [6.45, 7) is 0. The Balaban J connectivity index is 2.08. The summed E-state index contributed by atoms with van der Waals surface area (Å²) in [4.78, 5) is 0. The molecule has 1 heterocycles. The van der Waals surface area contributed by atoms with Crippen LogP contribution in [-0.2, 0) is 9.84 Å². The molecule has 0 aromatic heterocycles. The van der Waals surface area contributed by atoms with Gasteiger partial charge in [-0.05, 0) is 24.3 Å². The van der Waals surface area contributed by atoms with E-state index < -0.39 is 22.0 Å². The molecule has 0 spiro atoms. The highest BCUT2D eigenvalue weighted by Gasteiger charge is 2.36. The summed E-state index contributed by atoms with van der Waals surface area (Å²) >= 11 is 5.73. The third-order valence-electron chi connectivity index (χ3n) is 2.52. The zero-order chi connectivity index (χ0) is 11.8. The molecule has 2 N–H and O–H groups in total. The number of nitrogens with one attached hydrogen (secondary N) is 1. The first-order chi connectivity index (χ1) is 7.46. The lowest BCUT2D eigenvalue weighted by atomic mass is 10.2. The fourth-order valence-corrected chi connectivity index (χ4v) is 3.59. The van der Waals surface area contributed by atoms with Gasteiger partial charge in [0.25, 0.3) is 0 Å². The Labute approximate surface area is 99.2 Å². The van der Waals surface area contributed by atoms with E-state index in [1.165, 1.54) is 0 Å². The Morgan fingerprint density at radius 3 is 2.38 bits per heavy atom. The van der Waals surface area contributed by atoms with Crippen LogP contribution in [0.25, 0.3) is 0 Å². The van der Waals surface area contributed by atoms with E-state index in [0.717, 1.165) is 5.69 Å². The number of hydrogen-bond acceptors (Lipinski definition) is 4. The summed E-state index contributed by atoms with van der Waals surface area (Å²) in [6, 6.07) is 6.48. The van der Waals surface area contributed by atoms with E-state index in [1.807, 2.05) is 0 Å². The molecule has 0 aliphatic carbocycles. The number of hydrogen-bond donors (Lipinski definition) is 2. The Morgan fingerprint density at radius 1 is 1.25 bits per heavy atom. The summed E-state index contributed by atoms with van der Waals surface area (Å²) in [5.41, 5.74) is 0.755. The van der Waals surface area contributed by atoms with Crippen molar-refractivity contribution < 1.29 is 13.5 Å². The number of sulfone groups is 1. The Kier molecular flexibility index (Phi) is 3.10. The number of benzene rings is 1. The molecule has 1 aliphatic heterocycles. The molecule has 16 heavy (non-hydrogen) atoms. The number of aliphatic hydroxyl groups excluding tert-OH is 1. The summed E-state index contributed by atoms with van der Waals surface area (Å²) in [5, 5.41) is 13.2. The molecule has 1 fully saturated rings. The van der Waals surface area contributed by atoms with E-state index in [1.54, 1.807) is 24.3 Å². The van der Waals surface area contributed by atoms with Crippen LogP contribution in [0.3, 0.4) is 0 Å². The molecule has 1 aromatic rings. The average Bonchev–Trinajstić information content (AvgIpc) is 2.44. The standard InChI is InChI=1S/C10H12ClNO3S/c11-7-1-3-8(4-2-7)12-9-5-16(14,15)6-10(9)13/h1-4,9-10,12-13H,5-6H2/t9-,10-/m0/s1. The second kappa shape index (κ2) is 4.24. The van der Waals surface area contributed by atoms with E-state index in [9.17, 15) is 13.5 Å². The fraction of sp³-hybridized carbons (Fsp3) is 0.400. The summed E-state index contributed by atoms with van der Waals surface area (Å²) in [5.74, 6) is -0.199. The molecule has 6 heteroatoms. The van der Waals surface area contributed by atoms with Crippen molar-refractivity contribution in [3.05, 3.63) is 29.3 Å². The number of aliphatic hydroxyl groups is 1. The Hall–Kier alpha value is -0.780. The lowest BCUT2D eigenvalue weighted by Crippen LogP contribution is -2.31. The minimum Gasteiger partial charge on any atom is -0.390 e. The summed E-state index contributed by atoms with van der Waals surface area (Å²) in [7, 11) is -3.11. The van der Waals surface area contributed by atoms with Gasteiger partial charge in [0.15, 0.2) is 9.84 Å². The van der Waals surface area contributed by atoms with E-state index in [0.29, 0.717) is 5.02 Å². The second-order valence-electron chi connectivity index (χ2n) is 3.90. The highest BCUT2D eigenvalue weighted by Crippen LogP contribution is 2.19. The van der Waals surface area contributed by atoms with Crippen LogP contribution in [0, 0.1) is 0 Å². The van der Waals surface area contributed by atoms with Crippen LogP contribution in [0.5, 0.6) is 0 Å². The van der Waals surface area contributed by atoms with Gasteiger partial charge < -0.3 is 10.4 Å². The smallest absolute Gasteiger partial charge is 0.155 e. The highest BCUT2D eigenvalue weighted by atomic mass is 35.5. The van der Waals surface area contributed by atoms with Crippen molar-refractivity contribution in [3.63, 3.8) is 0 Å². The lowest BCUT2D eigenvalue weighted by Gasteiger charge is -2.16.